The van der Waals surface area contributed by atoms with E-state index in [2.05, 4.69) is 20.9 Å². The lowest BCUT2D eigenvalue weighted by Gasteiger charge is -2.24. The third kappa shape index (κ3) is 2.45. The molecule has 25 heavy (non-hydrogen) atoms. The summed E-state index contributed by atoms with van der Waals surface area (Å²) >= 11 is 0. The third-order valence-corrected chi connectivity index (χ3v) is 4.68. The van der Waals surface area contributed by atoms with Crippen molar-refractivity contribution in [1.82, 2.24) is 19.5 Å². The quantitative estimate of drug-likeness (QED) is 0.793. The van der Waals surface area contributed by atoms with Gasteiger partial charge in [-0.1, -0.05) is 19.8 Å². The lowest BCUT2D eigenvalue weighted by Crippen LogP contribution is -2.38. The minimum absolute atomic E-state index is 0.0249. The van der Waals surface area contributed by atoms with Crippen LogP contribution >= 0.6 is 0 Å². The minimum Gasteiger partial charge on any atom is -0.476 e. The average Bonchev–Trinajstić information content (AvgIpc) is 3.09. The van der Waals surface area contributed by atoms with Crippen molar-refractivity contribution in [3.05, 3.63) is 12.2 Å². The van der Waals surface area contributed by atoms with Crippen LogP contribution in [0.4, 0.5) is 8.78 Å². The molecular formula is C17H20F2N4O2. The van der Waals surface area contributed by atoms with E-state index in [1.54, 1.807) is 13.8 Å². The van der Waals surface area contributed by atoms with Crippen molar-refractivity contribution >= 4 is 11.2 Å². The topological polar surface area (TPSA) is 62.1 Å². The summed E-state index contributed by atoms with van der Waals surface area (Å²) in [5.41, 5.74) is -1.72. The second-order valence-electron chi connectivity index (χ2n) is 6.08. The Morgan fingerprint density at radius 1 is 1.40 bits per heavy atom. The molecule has 0 aliphatic carbocycles. The molecule has 1 aliphatic heterocycles. The second-order valence-corrected chi connectivity index (χ2v) is 6.08. The average molecular weight is 350 g/mol. The normalized spacial score (nSPS) is 32.0. The Morgan fingerprint density at radius 3 is 2.72 bits per heavy atom. The number of aryl methyl sites for hydroxylation is 1. The molecule has 3 rings (SSSR count). The fourth-order valence-corrected chi connectivity index (χ4v) is 3.15. The van der Waals surface area contributed by atoms with E-state index < -0.39 is 23.7 Å². The second kappa shape index (κ2) is 5.92. The van der Waals surface area contributed by atoms with Gasteiger partial charge in [0.2, 0.25) is 17.4 Å². The van der Waals surface area contributed by atoms with E-state index in [0.29, 0.717) is 17.9 Å². The number of terminal acetylenes is 1. The Hall–Kier alpha value is -2.27. The molecule has 0 aromatic carbocycles. The lowest BCUT2D eigenvalue weighted by molar-refractivity contribution is -0.171. The molecule has 8 heteroatoms. The number of nitrogens with zero attached hydrogens (tertiary/aromatic N) is 4. The maximum atomic E-state index is 15.5. The predicted octanol–water partition coefficient (Wildman–Crippen LogP) is 3.12. The number of hydrogen-bond donors (Lipinski definition) is 0. The zero-order valence-electron chi connectivity index (χ0n) is 14.6. The van der Waals surface area contributed by atoms with Gasteiger partial charge in [-0.25, -0.2) is 18.7 Å². The number of alkyl halides is 2. The van der Waals surface area contributed by atoms with Crippen LogP contribution in [-0.2, 0) is 4.74 Å². The van der Waals surface area contributed by atoms with Crippen molar-refractivity contribution in [1.29, 1.82) is 0 Å². The summed E-state index contributed by atoms with van der Waals surface area (Å²) in [6, 6.07) is 0. The minimum atomic E-state index is -2.34. The van der Waals surface area contributed by atoms with Crippen molar-refractivity contribution in [3.8, 4) is 18.2 Å². The molecular weight excluding hydrogens is 330 g/mol. The van der Waals surface area contributed by atoms with E-state index in [1.165, 1.54) is 17.8 Å². The highest BCUT2D eigenvalue weighted by Gasteiger charge is 2.63. The molecule has 6 nitrogen and oxygen atoms in total. The lowest BCUT2D eigenvalue weighted by atomic mass is 9.86. The Bertz CT molecular complexity index is 849. The summed E-state index contributed by atoms with van der Waals surface area (Å²) in [6.07, 6.45) is 5.34. The number of fused-ring (bicyclic) bond motifs is 1. The molecule has 0 radical (unpaired) electrons. The molecule has 1 fully saturated rings. The van der Waals surface area contributed by atoms with Gasteiger partial charge in [0.1, 0.15) is 5.82 Å². The molecule has 0 saturated carbocycles. The highest BCUT2D eigenvalue weighted by molar-refractivity contribution is 5.76. The molecule has 0 amide bonds. The van der Waals surface area contributed by atoms with Crippen molar-refractivity contribution in [3.63, 3.8) is 0 Å². The molecule has 0 unspecified atom stereocenters. The SMILES string of the molecule is C#C[C@]1(F)[C@H](n2cnc3c(OCC)nc(C)nc32)O[C@](F)(CC)[C@H]1C. The van der Waals surface area contributed by atoms with E-state index in [9.17, 15) is 4.39 Å². The molecule has 134 valence electrons. The molecule has 2 aromatic rings. The summed E-state index contributed by atoms with van der Waals surface area (Å²) < 4.78 is 42.7. The first-order chi connectivity index (χ1) is 11.8. The fraction of sp³-hybridized carbons (Fsp3) is 0.588. The van der Waals surface area contributed by atoms with Crippen LogP contribution in [0.2, 0.25) is 0 Å². The standard InChI is InChI=1S/C17H20F2N4O2/c1-6-16(18)10(4)17(19,7-2)25-15(16)23-9-20-12-13(23)21-11(5)22-14(12)24-8-3/h1,9-10,15H,7-8H2,2-5H3/t10-,15+,16+,17+/m0/s1. The number of aromatic nitrogens is 4. The number of imidazole rings is 1. The van der Waals surface area contributed by atoms with Crippen LogP contribution in [0, 0.1) is 25.2 Å². The summed E-state index contributed by atoms with van der Waals surface area (Å²) in [5.74, 6) is -0.545. The molecule has 0 spiro atoms. The summed E-state index contributed by atoms with van der Waals surface area (Å²) in [4.78, 5) is 12.7. The van der Waals surface area contributed by atoms with Crippen molar-refractivity contribution in [2.45, 2.75) is 51.9 Å². The van der Waals surface area contributed by atoms with E-state index in [1.807, 2.05) is 6.92 Å². The molecule has 3 heterocycles. The van der Waals surface area contributed by atoms with Crippen molar-refractivity contribution in [2.24, 2.45) is 5.92 Å². The van der Waals surface area contributed by atoms with E-state index in [0.717, 1.165) is 0 Å². The molecule has 1 saturated heterocycles. The summed E-state index contributed by atoms with van der Waals surface area (Å²) in [6.45, 7) is 6.87. The van der Waals surface area contributed by atoms with Gasteiger partial charge >= 0.3 is 0 Å². The zero-order valence-corrected chi connectivity index (χ0v) is 14.6. The molecule has 0 N–H and O–H groups in total. The van der Waals surface area contributed by atoms with Crippen LogP contribution in [0.3, 0.4) is 0 Å². The number of rotatable bonds is 4. The van der Waals surface area contributed by atoms with E-state index in [-0.39, 0.29) is 17.9 Å². The van der Waals surface area contributed by atoms with Gasteiger partial charge in [0.05, 0.1) is 18.9 Å². The maximum absolute atomic E-state index is 15.5. The smallest absolute Gasteiger partial charge is 0.245 e. The Kier molecular flexibility index (Phi) is 4.15. The Balaban J connectivity index is 2.18. The van der Waals surface area contributed by atoms with Crippen molar-refractivity contribution in [2.75, 3.05) is 6.61 Å². The first kappa shape index (κ1) is 17.5. The van der Waals surface area contributed by atoms with Crippen LogP contribution in [0.15, 0.2) is 6.33 Å². The van der Waals surface area contributed by atoms with Crippen LogP contribution in [0.5, 0.6) is 5.88 Å². The van der Waals surface area contributed by atoms with Gasteiger partial charge in [0, 0.05) is 6.42 Å². The van der Waals surface area contributed by atoms with Gasteiger partial charge in [0.25, 0.3) is 0 Å². The molecule has 4 atom stereocenters. The first-order valence-electron chi connectivity index (χ1n) is 8.18. The van der Waals surface area contributed by atoms with Crippen molar-refractivity contribution < 1.29 is 18.3 Å². The highest BCUT2D eigenvalue weighted by Crippen LogP contribution is 2.53. The van der Waals surface area contributed by atoms with Gasteiger partial charge in [-0.15, -0.1) is 6.42 Å². The maximum Gasteiger partial charge on any atom is 0.245 e. The molecule has 0 bridgehead atoms. The third-order valence-electron chi connectivity index (χ3n) is 4.68. The van der Waals surface area contributed by atoms with Gasteiger partial charge < -0.3 is 9.47 Å². The van der Waals surface area contributed by atoms with Crippen LogP contribution in [0.1, 0.15) is 39.2 Å². The van der Waals surface area contributed by atoms with E-state index in [4.69, 9.17) is 15.9 Å². The number of halogens is 2. The van der Waals surface area contributed by atoms with Gasteiger partial charge in [-0.2, -0.15) is 4.98 Å². The Labute approximate surface area is 144 Å². The molecule has 2 aromatic heterocycles. The monoisotopic (exact) mass is 350 g/mol. The van der Waals surface area contributed by atoms with E-state index >= 15 is 4.39 Å². The summed E-state index contributed by atoms with van der Waals surface area (Å²) in [5, 5.41) is 0. The number of hydrogen-bond acceptors (Lipinski definition) is 5. The van der Waals surface area contributed by atoms with Crippen LogP contribution in [0.25, 0.3) is 11.2 Å². The Morgan fingerprint density at radius 2 is 2.12 bits per heavy atom. The number of ether oxygens (including phenoxy) is 2. The highest BCUT2D eigenvalue weighted by atomic mass is 19.2. The predicted molar refractivity (Wildman–Crippen MR) is 87.3 cm³/mol. The van der Waals surface area contributed by atoms with Crippen LogP contribution < -0.4 is 4.74 Å². The zero-order chi connectivity index (χ0) is 18.4. The molecule has 1 aliphatic rings. The van der Waals surface area contributed by atoms with Gasteiger partial charge in [-0.05, 0) is 13.8 Å². The van der Waals surface area contributed by atoms with Crippen LogP contribution in [-0.4, -0.2) is 37.6 Å². The first-order valence-corrected chi connectivity index (χ1v) is 8.18. The largest absolute Gasteiger partial charge is 0.476 e. The van der Waals surface area contributed by atoms with Gasteiger partial charge in [0.15, 0.2) is 17.4 Å². The summed E-state index contributed by atoms with van der Waals surface area (Å²) in [7, 11) is 0. The van der Waals surface area contributed by atoms with Gasteiger partial charge in [-0.3, -0.25) is 4.57 Å². The fourth-order valence-electron chi connectivity index (χ4n) is 3.15.